The second-order valence-electron chi connectivity index (χ2n) is 5.02. The van der Waals surface area contributed by atoms with Crippen molar-refractivity contribution in [3.8, 4) is 0 Å². The molecule has 0 heterocycles. The Kier molecular flexibility index (Phi) is 4.74. The van der Waals surface area contributed by atoms with Crippen LogP contribution < -0.4 is 11.1 Å². The van der Waals surface area contributed by atoms with Crippen LogP contribution >= 0.6 is 0 Å². The van der Waals surface area contributed by atoms with Crippen molar-refractivity contribution >= 4 is 5.91 Å². The molecule has 4 heteroatoms. The Labute approximate surface area is 92.2 Å². The average molecular weight is 216 g/mol. The van der Waals surface area contributed by atoms with Crippen LogP contribution in [0.5, 0.6) is 0 Å². The van der Waals surface area contributed by atoms with Crippen LogP contribution in [0.1, 0.15) is 47.5 Å². The van der Waals surface area contributed by atoms with Gasteiger partial charge in [0.1, 0.15) is 0 Å². The molecule has 0 rings (SSSR count). The molecule has 2 unspecified atom stereocenters. The fraction of sp³-hybridized carbons (Fsp3) is 0.909. The van der Waals surface area contributed by atoms with E-state index in [1.54, 1.807) is 27.7 Å². The number of hydrogen-bond acceptors (Lipinski definition) is 3. The van der Waals surface area contributed by atoms with Gasteiger partial charge < -0.3 is 16.2 Å². The number of nitrogens with one attached hydrogen (secondary N) is 1. The number of aliphatic hydroxyl groups is 1. The van der Waals surface area contributed by atoms with Crippen molar-refractivity contribution in [3.05, 3.63) is 0 Å². The highest BCUT2D eigenvalue weighted by Crippen LogP contribution is 2.13. The molecular formula is C11H24N2O2. The molecule has 0 aromatic heterocycles. The van der Waals surface area contributed by atoms with E-state index < -0.39 is 17.2 Å². The predicted octanol–water partition coefficient (Wildman–Crippen LogP) is 0.779. The first-order valence-corrected chi connectivity index (χ1v) is 5.43. The van der Waals surface area contributed by atoms with Gasteiger partial charge in [0.2, 0.25) is 5.91 Å². The Morgan fingerprint density at radius 2 is 1.93 bits per heavy atom. The molecule has 4 nitrogen and oxygen atoms in total. The smallest absolute Gasteiger partial charge is 0.240 e. The average Bonchev–Trinajstić information content (AvgIpc) is 2.02. The van der Waals surface area contributed by atoms with Gasteiger partial charge in [0.05, 0.1) is 17.2 Å². The Balaban J connectivity index is 4.49. The van der Waals surface area contributed by atoms with Gasteiger partial charge in [-0.05, 0) is 34.1 Å². The maximum atomic E-state index is 11.8. The van der Waals surface area contributed by atoms with Crippen LogP contribution in [0.3, 0.4) is 0 Å². The molecule has 15 heavy (non-hydrogen) atoms. The largest absolute Gasteiger partial charge is 0.391 e. The van der Waals surface area contributed by atoms with Crippen molar-refractivity contribution in [2.24, 2.45) is 5.73 Å². The fourth-order valence-corrected chi connectivity index (χ4v) is 1.17. The lowest BCUT2D eigenvalue weighted by Gasteiger charge is -2.33. The molecule has 0 aliphatic heterocycles. The summed E-state index contributed by atoms with van der Waals surface area (Å²) < 4.78 is 0. The molecule has 0 aliphatic rings. The van der Waals surface area contributed by atoms with Gasteiger partial charge in [0.25, 0.3) is 0 Å². The lowest BCUT2D eigenvalue weighted by atomic mass is 9.92. The van der Waals surface area contributed by atoms with E-state index in [9.17, 15) is 9.90 Å². The Bertz CT molecular complexity index is 223. The van der Waals surface area contributed by atoms with Crippen LogP contribution in [0.25, 0.3) is 0 Å². The third kappa shape index (κ3) is 4.18. The van der Waals surface area contributed by atoms with E-state index in [2.05, 4.69) is 5.32 Å². The molecule has 0 saturated heterocycles. The zero-order chi connectivity index (χ0) is 12.3. The van der Waals surface area contributed by atoms with Crippen LogP contribution in [0, 0.1) is 0 Å². The molecule has 0 radical (unpaired) electrons. The minimum absolute atomic E-state index is 0.213. The first-order valence-electron chi connectivity index (χ1n) is 5.43. The first kappa shape index (κ1) is 14.4. The summed E-state index contributed by atoms with van der Waals surface area (Å²) in [6, 6.07) is 0. The molecule has 0 spiro atoms. The molecule has 0 saturated carbocycles. The minimum atomic E-state index is -0.860. The number of amides is 1. The van der Waals surface area contributed by atoms with E-state index >= 15 is 0 Å². The van der Waals surface area contributed by atoms with Gasteiger partial charge in [-0.1, -0.05) is 13.3 Å². The Morgan fingerprint density at radius 1 is 1.47 bits per heavy atom. The van der Waals surface area contributed by atoms with Crippen LogP contribution in [0.4, 0.5) is 0 Å². The van der Waals surface area contributed by atoms with Crippen molar-refractivity contribution in [1.82, 2.24) is 5.32 Å². The summed E-state index contributed by atoms with van der Waals surface area (Å²) in [5.41, 5.74) is 4.38. The lowest BCUT2D eigenvalue weighted by molar-refractivity contribution is -0.129. The SMILES string of the molecule is CCCC(C)(N)C(=O)NC(C)(C)C(C)O. The summed E-state index contributed by atoms with van der Waals surface area (Å²) in [4.78, 5) is 11.8. The topological polar surface area (TPSA) is 75.4 Å². The van der Waals surface area contributed by atoms with Gasteiger partial charge in [0, 0.05) is 0 Å². The quantitative estimate of drug-likeness (QED) is 0.635. The zero-order valence-electron chi connectivity index (χ0n) is 10.4. The second kappa shape index (κ2) is 4.94. The molecule has 0 aromatic carbocycles. The summed E-state index contributed by atoms with van der Waals surface area (Å²) >= 11 is 0. The molecule has 0 aromatic rings. The van der Waals surface area contributed by atoms with Gasteiger partial charge in [-0.2, -0.15) is 0 Å². The summed E-state index contributed by atoms with van der Waals surface area (Å²) in [5, 5.41) is 12.2. The Hall–Kier alpha value is -0.610. The standard InChI is InChI=1S/C11H24N2O2/c1-6-7-11(5,12)9(15)13-10(3,4)8(2)14/h8,14H,6-7,12H2,1-5H3,(H,13,15). The van der Waals surface area contributed by atoms with E-state index in [1.165, 1.54) is 0 Å². The Morgan fingerprint density at radius 3 is 2.27 bits per heavy atom. The van der Waals surface area contributed by atoms with Gasteiger partial charge in [-0.3, -0.25) is 4.79 Å². The molecule has 0 aliphatic carbocycles. The third-order valence-electron chi connectivity index (χ3n) is 2.77. The van der Waals surface area contributed by atoms with E-state index in [1.807, 2.05) is 6.92 Å². The van der Waals surface area contributed by atoms with Gasteiger partial charge in [-0.15, -0.1) is 0 Å². The lowest BCUT2D eigenvalue weighted by Crippen LogP contribution is -2.60. The highest BCUT2D eigenvalue weighted by Gasteiger charge is 2.33. The monoisotopic (exact) mass is 216 g/mol. The van der Waals surface area contributed by atoms with Crippen LogP contribution in [0.15, 0.2) is 0 Å². The van der Waals surface area contributed by atoms with Crippen LogP contribution in [-0.2, 0) is 4.79 Å². The molecule has 90 valence electrons. The van der Waals surface area contributed by atoms with Crippen LogP contribution in [-0.4, -0.2) is 28.2 Å². The summed E-state index contributed by atoms with van der Waals surface area (Å²) in [5.74, 6) is -0.213. The number of rotatable bonds is 5. The number of carbonyl (C=O) groups is 1. The zero-order valence-corrected chi connectivity index (χ0v) is 10.4. The van der Waals surface area contributed by atoms with Crippen molar-refractivity contribution in [2.75, 3.05) is 0 Å². The summed E-state index contributed by atoms with van der Waals surface area (Å²) in [6.45, 7) is 8.89. The highest BCUT2D eigenvalue weighted by atomic mass is 16.3. The van der Waals surface area contributed by atoms with Crippen molar-refractivity contribution in [3.63, 3.8) is 0 Å². The molecule has 1 amide bonds. The fourth-order valence-electron chi connectivity index (χ4n) is 1.17. The van der Waals surface area contributed by atoms with E-state index in [0.29, 0.717) is 6.42 Å². The number of nitrogens with two attached hydrogens (primary N) is 1. The summed E-state index contributed by atoms with van der Waals surface area (Å²) in [7, 11) is 0. The molecule has 0 bridgehead atoms. The molecular weight excluding hydrogens is 192 g/mol. The van der Waals surface area contributed by atoms with Crippen LogP contribution in [0.2, 0.25) is 0 Å². The predicted molar refractivity (Wildman–Crippen MR) is 61.4 cm³/mol. The molecule has 2 atom stereocenters. The number of carbonyl (C=O) groups excluding carboxylic acids is 1. The van der Waals surface area contributed by atoms with Crippen molar-refractivity contribution in [2.45, 2.75) is 64.6 Å². The van der Waals surface area contributed by atoms with E-state index in [4.69, 9.17) is 5.73 Å². The van der Waals surface area contributed by atoms with Gasteiger partial charge in [0.15, 0.2) is 0 Å². The van der Waals surface area contributed by atoms with E-state index in [-0.39, 0.29) is 5.91 Å². The first-order chi connectivity index (χ1) is 6.63. The van der Waals surface area contributed by atoms with E-state index in [0.717, 1.165) is 6.42 Å². The third-order valence-corrected chi connectivity index (χ3v) is 2.77. The molecule has 4 N–H and O–H groups in total. The minimum Gasteiger partial charge on any atom is -0.391 e. The van der Waals surface area contributed by atoms with Gasteiger partial charge in [-0.25, -0.2) is 0 Å². The maximum Gasteiger partial charge on any atom is 0.240 e. The normalized spacial score (nSPS) is 18.1. The van der Waals surface area contributed by atoms with Gasteiger partial charge >= 0.3 is 0 Å². The number of hydrogen-bond donors (Lipinski definition) is 3. The molecule has 0 fully saturated rings. The summed E-state index contributed by atoms with van der Waals surface area (Å²) in [6.07, 6.45) is 0.878. The number of aliphatic hydroxyl groups excluding tert-OH is 1. The maximum absolute atomic E-state index is 11.8. The highest BCUT2D eigenvalue weighted by molar-refractivity contribution is 5.86. The second-order valence-corrected chi connectivity index (χ2v) is 5.02. The van der Waals surface area contributed by atoms with Crippen molar-refractivity contribution < 1.29 is 9.90 Å². The van der Waals surface area contributed by atoms with Crippen molar-refractivity contribution in [1.29, 1.82) is 0 Å².